The normalized spacial score (nSPS) is 16.5. The molecule has 0 spiro atoms. The standard InChI is InChI=1S/C19H15F5N4O3.3H2/c20-12-5-10(28-18(29)27-9-2-4-30-8-9)6-13(21)16(12)31-14-1-3-25-17-15(14)11(7-26-17)19(22,23)24;;;/h1,3,5-7,9H,2,4,8H2,(H,25,26)(H2,27,28,29);3*1H/t9-;;;/m0.../s1. The summed E-state index contributed by atoms with van der Waals surface area (Å²) < 4.78 is 79.0. The largest absolute Gasteiger partial charge is 0.450 e. The summed E-state index contributed by atoms with van der Waals surface area (Å²) in [6, 6.07) is 1.76. The van der Waals surface area contributed by atoms with Crippen LogP contribution < -0.4 is 15.4 Å². The van der Waals surface area contributed by atoms with E-state index in [0.29, 0.717) is 25.8 Å². The summed E-state index contributed by atoms with van der Waals surface area (Å²) in [6.07, 6.45) is -2.29. The summed E-state index contributed by atoms with van der Waals surface area (Å²) in [5.74, 6) is -3.78. The van der Waals surface area contributed by atoms with Gasteiger partial charge in [0.2, 0.25) is 0 Å². The Hall–Kier alpha value is -3.41. The molecule has 4 rings (SSSR count). The second-order valence-electron chi connectivity index (χ2n) is 6.76. The summed E-state index contributed by atoms with van der Waals surface area (Å²) in [4.78, 5) is 18.1. The number of fused-ring (bicyclic) bond motifs is 1. The van der Waals surface area contributed by atoms with Gasteiger partial charge in [-0.25, -0.2) is 18.6 Å². The lowest BCUT2D eigenvalue weighted by atomic mass is 10.2. The Kier molecular flexibility index (Phi) is 5.39. The van der Waals surface area contributed by atoms with E-state index in [-0.39, 0.29) is 21.7 Å². The number of aromatic amines is 1. The molecule has 1 atom stereocenters. The SMILES string of the molecule is O=C(Nc1cc(F)c(Oc2ccnc3[nH]cc(C(F)(F)F)c23)c(F)c1)N[C@H]1CCOC1.[HH].[HH].[HH]. The highest BCUT2D eigenvalue weighted by Crippen LogP contribution is 2.40. The molecular formula is C19H21F5N4O3. The van der Waals surface area contributed by atoms with Gasteiger partial charge in [-0.1, -0.05) is 0 Å². The number of alkyl halides is 3. The number of halogens is 5. The van der Waals surface area contributed by atoms with Gasteiger partial charge < -0.3 is 25.1 Å². The average molecular weight is 448 g/mol. The first-order valence-electron chi connectivity index (χ1n) is 9.08. The zero-order valence-electron chi connectivity index (χ0n) is 15.6. The summed E-state index contributed by atoms with van der Waals surface area (Å²) in [5, 5.41) is 4.42. The topological polar surface area (TPSA) is 88.3 Å². The van der Waals surface area contributed by atoms with Gasteiger partial charge in [0.15, 0.2) is 17.4 Å². The molecule has 1 saturated heterocycles. The number of nitrogens with zero attached hydrogens (tertiary/aromatic N) is 1. The number of aromatic nitrogens is 2. The molecule has 0 radical (unpaired) electrons. The van der Waals surface area contributed by atoms with Crippen LogP contribution in [0.4, 0.5) is 32.4 Å². The van der Waals surface area contributed by atoms with Crippen LogP contribution in [-0.2, 0) is 10.9 Å². The molecular weight excluding hydrogens is 427 g/mol. The fourth-order valence-electron chi connectivity index (χ4n) is 3.18. The van der Waals surface area contributed by atoms with Crippen molar-refractivity contribution in [1.29, 1.82) is 0 Å². The predicted octanol–water partition coefficient (Wildman–Crippen LogP) is 5.30. The van der Waals surface area contributed by atoms with Crippen LogP contribution in [0, 0.1) is 11.6 Å². The number of pyridine rings is 1. The van der Waals surface area contributed by atoms with Crippen LogP contribution in [0.2, 0.25) is 0 Å². The van der Waals surface area contributed by atoms with Crippen molar-refractivity contribution in [1.82, 2.24) is 15.3 Å². The van der Waals surface area contributed by atoms with Crippen LogP contribution in [-0.4, -0.2) is 35.3 Å². The summed E-state index contributed by atoms with van der Waals surface area (Å²) >= 11 is 0. The van der Waals surface area contributed by atoms with Gasteiger partial charge in [-0.3, -0.25) is 0 Å². The Bertz CT molecular complexity index is 1120. The predicted molar refractivity (Wildman–Crippen MR) is 105 cm³/mol. The van der Waals surface area contributed by atoms with Crippen molar-refractivity contribution in [2.75, 3.05) is 18.5 Å². The van der Waals surface area contributed by atoms with Gasteiger partial charge in [-0.15, -0.1) is 0 Å². The van der Waals surface area contributed by atoms with Crippen LogP contribution >= 0.6 is 0 Å². The Morgan fingerprint density at radius 3 is 2.68 bits per heavy atom. The maximum atomic E-state index is 14.5. The van der Waals surface area contributed by atoms with Crippen LogP contribution in [0.3, 0.4) is 0 Å². The molecule has 2 amide bonds. The number of anilines is 1. The van der Waals surface area contributed by atoms with Crippen LogP contribution in [0.1, 0.15) is 16.3 Å². The van der Waals surface area contributed by atoms with Crippen molar-refractivity contribution in [2.45, 2.75) is 18.6 Å². The minimum Gasteiger partial charge on any atom is -0.450 e. The molecule has 1 aromatic carbocycles. The number of benzene rings is 1. The molecule has 3 N–H and O–H groups in total. The lowest BCUT2D eigenvalue weighted by Gasteiger charge is -2.14. The number of carbonyl (C=O) groups is 1. The fraction of sp³-hybridized carbons (Fsp3) is 0.263. The molecule has 1 aliphatic rings. The van der Waals surface area contributed by atoms with E-state index in [0.717, 1.165) is 24.4 Å². The van der Waals surface area contributed by atoms with E-state index < -0.39 is 46.3 Å². The lowest BCUT2D eigenvalue weighted by molar-refractivity contribution is -0.136. The molecule has 31 heavy (non-hydrogen) atoms. The molecule has 170 valence electrons. The Morgan fingerprint density at radius 1 is 1.29 bits per heavy atom. The minimum atomic E-state index is -4.73. The number of H-pyrrole nitrogens is 1. The van der Waals surface area contributed by atoms with Gasteiger partial charge in [-0.2, -0.15) is 13.2 Å². The number of rotatable bonds is 4. The van der Waals surface area contributed by atoms with Crippen molar-refractivity contribution in [3.63, 3.8) is 0 Å². The second-order valence-corrected chi connectivity index (χ2v) is 6.76. The zero-order chi connectivity index (χ0) is 22.2. The van der Waals surface area contributed by atoms with E-state index in [4.69, 9.17) is 9.47 Å². The summed E-state index contributed by atoms with van der Waals surface area (Å²) in [6.45, 7) is 0.835. The van der Waals surface area contributed by atoms with Crippen molar-refractivity contribution < 1.29 is 40.5 Å². The zero-order valence-corrected chi connectivity index (χ0v) is 15.6. The molecule has 0 unspecified atom stereocenters. The number of amides is 2. The van der Waals surface area contributed by atoms with Gasteiger partial charge in [0.05, 0.1) is 23.6 Å². The average Bonchev–Trinajstić information content (AvgIpc) is 3.34. The molecule has 0 saturated carbocycles. The first kappa shape index (κ1) is 20.8. The molecule has 3 aromatic rings. The molecule has 1 fully saturated rings. The summed E-state index contributed by atoms with van der Waals surface area (Å²) in [5.41, 5.74) is -1.44. The lowest BCUT2D eigenvalue weighted by Crippen LogP contribution is -2.38. The molecule has 3 heterocycles. The quantitative estimate of drug-likeness (QED) is 0.473. The van der Waals surface area contributed by atoms with E-state index in [1.54, 1.807) is 0 Å². The first-order chi connectivity index (χ1) is 14.7. The molecule has 0 bridgehead atoms. The molecule has 2 aromatic heterocycles. The van der Waals surface area contributed by atoms with Crippen LogP contribution in [0.15, 0.2) is 30.6 Å². The summed E-state index contributed by atoms with van der Waals surface area (Å²) in [7, 11) is 0. The van der Waals surface area contributed by atoms with E-state index in [1.165, 1.54) is 0 Å². The number of nitrogens with one attached hydrogen (secondary N) is 3. The highest BCUT2D eigenvalue weighted by atomic mass is 19.4. The highest BCUT2D eigenvalue weighted by Gasteiger charge is 2.35. The third kappa shape index (κ3) is 4.38. The van der Waals surface area contributed by atoms with Crippen molar-refractivity contribution >= 4 is 22.8 Å². The molecule has 12 heteroatoms. The van der Waals surface area contributed by atoms with Gasteiger partial charge in [0, 0.05) is 41.1 Å². The third-order valence-corrected chi connectivity index (χ3v) is 4.57. The van der Waals surface area contributed by atoms with E-state index in [9.17, 15) is 26.7 Å². The number of hydrogen-bond acceptors (Lipinski definition) is 4. The molecule has 0 aliphatic carbocycles. The van der Waals surface area contributed by atoms with Crippen LogP contribution in [0.5, 0.6) is 11.5 Å². The highest BCUT2D eigenvalue weighted by molar-refractivity contribution is 5.90. The monoisotopic (exact) mass is 448 g/mol. The number of ether oxygens (including phenoxy) is 2. The smallest absolute Gasteiger partial charge is 0.418 e. The maximum absolute atomic E-state index is 14.5. The molecule has 1 aliphatic heterocycles. The Balaban J connectivity index is 0.00000193. The first-order valence-corrected chi connectivity index (χ1v) is 9.08. The maximum Gasteiger partial charge on any atom is 0.418 e. The van der Waals surface area contributed by atoms with Gasteiger partial charge in [0.25, 0.3) is 0 Å². The van der Waals surface area contributed by atoms with Crippen molar-refractivity contribution in [3.8, 4) is 11.5 Å². The Morgan fingerprint density at radius 2 is 2.03 bits per heavy atom. The van der Waals surface area contributed by atoms with Crippen molar-refractivity contribution in [2.24, 2.45) is 0 Å². The number of urea groups is 1. The van der Waals surface area contributed by atoms with E-state index in [2.05, 4.69) is 20.6 Å². The van der Waals surface area contributed by atoms with E-state index >= 15 is 0 Å². The van der Waals surface area contributed by atoms with Gasteiger partial charge in [0.1, 0.15) is 11.4 Å². The fourth-order valence-corrected chi connectivity index (χ4v) is 3.18. The second kappa shape index (κ2) is 8.02. The third-order valence-electron chi connectivity index (χ3n) is 4.57. The van der Waals surface area contributed by atoms with Gasteiger partial charge in [-0.05, 0) is 12.5 Å². The minimum absolute atomic E-state index is 0. The van der Waals surface area contributed by atoms with Crippen molar-refractivity contribution in [3.05, 3.63) is 47.8 Å². The van der Waals surface area contributed by atoms with Gasteiger partial charge >= 0.3 is 12.2 Å². The number of carbonyl (C=O) groups excluding carboxylic acids is 1. The van der Waals surface area contributed by atoms with E-state index in [1.807, 2.05) is 0 Å². The van der Waals surface area contributed by atoms with Crippen LogP contribution in [0.25, 0.3) is 11.0 Å². The Labute approximate surface area is 176 Å². The number of hydrogen-bond donors (Lipinski definition) is 3. The molecule has 7 nitrogen and oxygen atoms in total.